The molecule has 0 aliphatic heterocycles. The molecule has 1 rings (SSSR count). The van der Waals surface area contributed by atoms with E-state index in [1.165, 1.54) is 0 Å². The summed E-state index contributed by atoms with van der Waals surface area (Å²) < 4.78 is 5.35. The van der Waals surface area contributed by atoms with E-state index < -0.39 is 5.91 Å². The third-order valence-corrected chi connectivity index (χ3v) is 4.03. The number of carbonyl (C=O) groups excluding carboxylic acids is 1. The average Bonchev–Trinajstić information content (AvgIpc) is 3.06. The second-order valence-electron chi connectivity index (χ2n) is 6.04. The highest BCUT2D eigenvalue weighted by molar-refractivity contribution is 14.0. The number of halogens is 1. The molecular formula is C18H34IN5O2. The van der Waals surface area contributed by atoms with Gasteiger partial charge in [0.2, 0.25) is 0 Å². The number of furan rings is 1. The first-order valence-corrected chi connectivity index (χ1v) is 9.15. The number of hydrogen-bond donors (Lipinski definition) is 3. The van der Waals surface area contributed by atoms with Gasteiger partial charge in [-0.1, -0.05) is 13.8 Å². The molecule has 1 aromatic heterocycles. The van der Waals surface area contributed by atoms with Gasteiger partial charge in [-0.2, -0.15) is 0 Å². The molecule has 0 aliphatic rings. The van der Waals surface area contributed by atoms with Gasteiger partial charge in [0.15, 0.2) is 11.7 Å². The van der Waals surface area contributed by atoms with Crippen LogP contribution in [-0.2, 0) is 6.54 Å². The summed E-state index contributed by atoms with van der Waals surface area (Å²) in [6.45, 7) is 13.0. The standard InChI is InChI=1S/C18H33N5O2.HI/c1-5-20-18(21-13-15-10-11-16(25-15)17(19)24)22-14(4)9-8-12-23(6-2)7-3;/h10-11,14H,5-9,12-13H2,1-4H3,(H2,19,24)(H2,20,21,22);1H. The number of primary amides is 1. The molecule has 0 radical (unpaired) electrons. The van der Waals surface area contributed by atoms with Crippen LogP contribution in [0.1, 0.15) is 56.9 Å². The van der Waals surface area contributed by atoms with Crippen molar-refractivity contribution in [1.29, 1.82) is 0 Å². The predicted molar refractivity (Wildman–Crippen MR) is 117 cm³/mol. The normalized spacial score (nSPS) is 12.6. The Morgan fingerprint density at radius 1 is 1.31 bits per heavy atom. The summed E-state index contributed by atoms with van der Waals surface area (Å²) in [6, 6.07) is 3.62. The van der Waals surface area contributed by atoms with Gasteiger partial charge in [-0.3, -0.25) is 4.79 Å². The molecule has 1 atom stereocenters. The lowest BCUT2D eigenvalue weighted by Crippen LogP contribution is -2.42. The molecule has 1 amide bonds. The minimum atomic E-state index is -0.568. The van der Waals surface area contributed by atoms with Crippen LogP contribution in [0, 0.1) is 0 Å². The fourth-order valence-electron chi connectivity index (χ4n) is 2.54. The van der Waals surface area contributed by atoms with Gasteiger partial charge in [0, 0.05) is 12.6 Å². The summed E-state index contributed by atoms with van der Waals surface area (Å²) in [7, 11) is 0. The summed E-state index contributed by atoms with van der Waals surface area (Å²) in [6.07, 6.45) is 2.23. The molecule has 150 valence electrons. The molecule has 1 unspecified atom stereocenters. The Kier molecular flexibility index (Phi) is 13.2. The quantitative estimate of drug-likeness (QED) is 0.258. The van der Waals surface area contributed by atoms with Crippen LogP contribution < -0.4 is 16.4 Å². The number of hydrogen-bond acceptors (Lipinski definition) is 4. The number of guanidine groups is 1. The molecule has 0 spiro atoms. The first-order valence-electron chi connectivity index (χ1n) is 9.15. The van der Waals surface area contributed by atoms with Crippen molar-refractivity contribution in [3.8, 4) is 0 Å². The number of rotatable bonds is 11. The molecular weight excluding hydrogens is 445 g/mol. The van der Waals surface area contributed by atoms with E-state index in [0.29, 0.717) is 18.3 Å². The average molecular weight is 479 g/mol. The third-order valence-electron chi connectivity index (χ3n) is 4.03. The summed E-state index contributed by atoms with van der Waals surface area (Å²) in [5.74, 6) is 0.949. The van der Waals surface area contributed by atoms with Crippen molar-refractivity contribution in [1.82, 2.24) is 15.5 Å². The van der Waals surface area contributed by atoms with Crippen molar-refractivity contribution < 1.29 is 9.21 Å². The van der Waals surface area contributed by atoms with Crippen molar-refractivity contribution >= 4 is 35.8 Å². The molecule has 0 bridgehead atoms. The van der Waals surface area contributed by atoms with E-state index in [1.807, 2.05) is 6.92 Å². The van der Waals surface area contributed by atoms with Crippen molar-refractivity contribution in [2.24, 2.45) is 10.7 Å². The zero-order valence-electron chi connectivity index (χ0n) is 16.4. The van der Waals surface area contributed by atoms with Gasteiger partial charge in [0.05, 0.1) is 0 Å². The fourth-order valence-corrected chi connectivity index (χ4v) is 2.54. The van der Waals surface area contributed by atoms with Crippen molar-refractivity contribution in [3.05, 3.63) is 23.7 Å². The minimum absolute atomic E-state index is 0. The van der Waals surface area contributed by atoms with E-state index in [2.05, 4.69) is 41.3 Å². The third kappa shape index (κ3) is 9.42. The Morgan fingerprint density at radius 2 is 2.00 bits per heavy atom. The van der Waals surface area contributed by atoms with Crippen LogP contribution >= 0.6 is 24.0 Å². The van der Waals surface area contributed by atoms with E-state index >= 15 is 0 Å². The van der Waals surface area contributed by atoms with Gasteiger partial charge in [-0.25, -0.2) is 4.99 Å². The maximum Gasteiger partial charge on any atom is 0.284 e. The molecule has 26 heavy (non-hydrogen) atoms. The monoisotopic (exact) mass is 479 g/mol. The summed E-state index contributed by atoms with van der Waals surface area (Å²) in [4.78, 5) is 18.0. The maximum absolute atomic E-state index is 11.1. The van der Waals surface area contributed by atoms with Gasteiger partial charge >= 0.3 is 0 Å². The van der Waals surface area contributed by atoms with E-state index in [1.54, 1.807) is 12.1 Å². The Balaban J connectivity index is 0.00000625. The Labute approximate surface area is 174 Å². The second-order valence-corrected chi connectivity index (χ2v) is 6.04. The van der Waals surface area contributed by atoms with Gasteiger partial charge in [-0.05, 0) is 58.5 Å². The number of nitrogens with one attached hydrogen (secondary N) is 2. The molecule has 7 nitrogen and oxygen atoms in total. The molecule has 0 aromatic carbocycles. The van der Waals surface area contributed by atoms with E-state index in [0.717, 1.165) is 45.0 Å². The van der Waals surface area contributed by atoms with Crippen LogP contribution in [-0.4, -0.2) is 49.0 Å². The minimum Gasteiger partial charge on any atom is -0.454 e. The topological polar surface area (TPSA) is 95.9 Å². The van der Waals surface area contributed by atoms with Gasteiger partial charge in [0.1, 0.15) is 12.3 Å². The molecule has 0 saturated carbocycles. The molecule has 4 N–H and O–H groups in total. The lowest BCUT2D eigenvalue weighted by molar-refractivity contribution is 0.0972. The molecule has 0 aliphatic carbocycles. The smallest absolute Gasteiger partial charge is 0.284 e. The van der Waals surface area contributed by atoms with E-state index in [-0.39, 0.29) is 29.7 Å². The number of carbonyl (C=O) groups is 1. The zero-order valence-corrected chi connectivity index (χ0v) is 18.7. The summed E-state index contributed by atoms with van der Waals surface area (Å²) >= 11 is 0. The van der Waals surface area contributed by atoms with Crippen LogP contribution in [0.3, 0.4) is 0 Å². The number of aliphatic imine (C=N–C) groups is 1. The predicted octanol–water partition coefficient (Wildman–Crippen LogP) is 2.56. The van der Waals surface area contributed by atoms with Gasteiger partial charge in [-0.15, -0.1) is 24.0 Å². The second kappa shape index (κ2) is 13.9. The summed E-state index contributed by atoms with van der Waals surface area (Å²) in [5.41, 5.74) is 5.19. The molecule has 8 heteroatoms. The molecule has 0 fully saturated rings. The van der Waals surface area contributed by atoms with E-state index in [4.69, 9.17) is 10.2 Å². The van der Waals surface area contributed by atoms with Gasteiger partial charge < -0.3 is 25.7 Å². The van der Waals surface area contributed by atoms with Crippen molar-refractivity contribution in [2.75, 3.05) is 26.2 Å². The number of nitrogens with two attached hydrogens (primary N) is 1. The molecule has 1 aromatic rings. The van der Waals surface area contributed by atoms with Crippen molar-refractivity contribution in [3.63, 3.8) is 0 Å². The Hall–Kier alpha value is -1.29. The maximum atomic E-state index is 11.1. The number of nitrogens with zero attached hydrogens (tertiary/aromatic N) is 2. The molecule has 1 heterocycles. The van der Waals surface area contributed by atoms with E-state index in [9.17, 15) is 4.79 Å². The first kappa shape index (κ1) is 24.7. The van der Waals surface area contributed by atoms with Crippen LogP contribution in [0.25, 0.3) is 0 Å². The first-order chi connectivity index (χ1) is 12.0. The largest absolute Gasteiger partial charge is 0.454 e. The zero-order chi connectivity index (χ0) is 18.7. The molecule has 0 saturated heterocycles. The van der Waals surface area contributed by atoms with Crippen molar-refractivity contribution in [2.45, 2.75) is 53.1 Å². The fraction of sp³-hybridized carbons (Fsp3) is 0.667. The van der Waals surface area contributed by atoms with Crippen LogP contribution in [0.2, 0.25) is 0 Å². The SMILES string of the molecule is CCNC(=NCc1ccc(C(N)=O)o1)NC(C)CCCN(CC)CC.I. The number of amides is 1. The summed E-state index contributed by atoms with van der Waals surface area (Å²) in [5, 5.41) is 6.64. The lowest BCUT2D eigenvalue weighted by atomic mass is 10.2. The van der Waals surface area contributed by atoms with Gasteiger partial charge in [0.25, 0.3) is 5.91 Å². The van der Waals surface area contributed by atoms with Crippen LogP contribution in [0.5, 0.6) is 0 Å². The highest BCUT2D eigenvalue weighted by Crippen LogP contribution is 2.08. The lowest BCUT2D eigenvalue weighted by Gasteiger charge is -2.21. The van der Waals surface area contributed by atoms with Crippen LogP contribution in [0.15, 0.2) is 21.5 Å². The highest BCUT2D eigenvalue weighted by Gasteiger charge is 2.09. The highest BCUT2D eigenvalue weighted by atomic mass is 127. The van der Waals surface area contributed by atoms with Crippen LogP contribution in [0.4, 0.5) is 0 Å². The Bertz CT molecular complexity index is 543. The Morgan fingerprint density at radius 3 is 2.54 bits per heavy atom.